The molecule has 0 amide bonds. The molecule has 1 aliphatic rings. The number of Topliss-reactive ketones (excluding diaryl/α,β-unsaturated/α-hetero) is 1. The summed E-state index contributed by atoms with van der Waals surface area (Å²) in [6, 6.07) is 0. The Bertz CT molecular complexity index is 225. The minimum absolute atomic E-state index is 0.417. The van der Waals surface area contributed by atoms with Crippen LogP contribution in [-0.2, 0) is 4.79 Å². The topological polar surface area (TPSA) is 20.3 Å². The molecule has 1 heterocycles. The standard InChI is InChI=1S/C15H29NO/c1-4-15(17)8-6-11-16-10-5-7-14(9-12-16)13(2)3/h13-14H,4-12H2,1-3H3. The summed E-state index contributed by atoms with van der Waals surface area (Å²) in [5.41, 5.74) is 0. The Morgan fingerprint density at radius 1 is 1.29 bits per heavy atom. The zero-order valence-corrected chi connectivity index (χ0v) is 11.9. The number of likely N-dealkylation sites (tertiary alicyclic amines) is 1. The summed E-state index contributed by atoms with van der Waals surface area (Å²) < 4.78 is 0. The summed E-state index contributed by atoms with van der Waals surface area (Å²) in [6.45, 7) is 10.3. The van der Waals surface area contributed by atoms with Gasteiger partial charge in [-0.15, -0.1) is 0 Å². The van der Waals surface area contributed by atoms with Crippen molar-refractivity contribution < 1.29 is 4.79 Å². The molecule has 0 aromatic rings. The van der Waals surface area contributed by atoms with E-state index < -0.39 is 0 Å². The number of nitrogens with zero attached hydrogens (tertiary/aromatic N) is 1. The summed E-state index contributed by atoms with van der Waals surface area (Å²) in [5, 5.41) is 0. The maximum Gasteiger partial charge on any atom is 0.132 e. The summed E-state index contributed by atoms with van der Waals surface area (Å²) in [4.78, 5) is 13.8. The number of carbonyl (C=O) groups excluding carboxylic acids is 1. The van der Waals surface area contributed by atoms with E-state index in [9.17, 15) is 4.79 Å². The molecule has 1 saturated heterocycles. The van der Waals surface area contributed by atoms with Gasteiger partial charge in [-0.2, -0.15) is 0 Å². The highest BCUT2D eigenvalue weighted by atomic mass is 16.1. The second kappa shape index (κ2) is 7.86. The van der Waals surface area contributed by atoms with Crippen LogP contribution in [0, 0.1) is 11.8 Å². The lowest BCUT2D eigenvalue weighted by Crippen LogP contribution is -2.26. The second-order valence-electron chi connectivity index (χ2n) is 5.77. The molecule has 1 fully saturated rings. The average molecular weight is 239 g/mol. The van der Waals surface area contributed by atoms with Crippen molar-refractivity contribution >= 4 is 5.78 Å². The van der Waals surface area contributed by atoms with E-state index in [1.165, 1.54) is 32.4 Å². The fraction of sp³-hybridized carbons (Fsp3) is 0.933. The van der Waals surface area contributed by atoms with Gasteiger partial charge in [0.1, 0.15) is 5.78 Å². The van der Waals surface area contributed by atoms with Crippen LogP contribution in [0.4, 0.5) is 0 Å². The Labute approximate surface area is 107 Å². The first-order chi connectivity index (χ1) is 8.13. The molecule has 100 valence electrons. The smallest absolute Gasteiger partial charge is 0.132 e. The first-order valence-corrected chi connectivity index (χ1v) is 7.37. The third kappa shape index (κ3) is 5.67. The summed E-state index contributed by atoms with van der Waals surface area (Å²) in [7, 11) is 0. The van der Waals surface area contributed by atoms with Gasteiger partial charge in [-0.25, -0.2) is 0 Å². The van der Waals surface area contributed by atoms with Crippen LogP contribution in [-0.4, -0.2) is 30.3 Å². The monoisotopic (exact) mass is 239 g/mol. The lowest BCUT2D eigenvalue weighted by molar-refractivity contribution is -0.118. The molecule has 2 heteroatoms. The molecule has 0 saturated carbocycles. The zero-order chi connectivity index (χ0) is 12.7. The van der Waals surface area contributed by atoms with E-state index in [-0.39, 0.29) is 0 Å². The van der Waals surface area contributed by atoms with Crippen molar-refractivity contribution in [3.8, 4) is 0 Å². The molecule has 1 atom stereocenters. The van der Waals surface area contributed by atoms with Gasteiger partial charge in [-0.3, -0.25) is 4.79 Å². The molecule has 0 spiro atoms. The van der Waals surface area contributed by atoms with Crippen LogP contribution in [0.15, 0.2) is 0 Å². The number of carbonyl (C=O) groups is 1. The Morgan fingerprint density at radius 3 is 2.71 bits per heavy atom. The van der Waals surface area contributed by atoms with Crippen LogP contribution in [0.1, 0.15) is 59.3 Å². The van der Waals surface area contributed by atoms with Gasteiger partial charge in [0.05, 0.1) is 0 Å². The summed E-state index contributed by atoms with van der Waals surface area (Å²) in [6.07, 6.45) is 6.61. The Hall–Kier alpha value is -0.370. The number of rotatable bonds is 6. The molecule has 0 aliphatic carbocycles. The normalized spacial score (nSPS) is 22.7. The van der Waals surface area contributed by atoms with Crippen molar-refractivity contribution in [2.75, 3.05) is 19.6 Å². The molecular formula is C15H29NO. The second-order valence-corrected chi connectivity index (χ2v) is 5.77. The first kappa shape index (κ1) is 14.7. The van der Waals surface area contributed by atoms with E-state index in [1.807, 2.05) is 6.92 Å². The number of hydrogen-bond acceptors (Lipinski definition) is 2. The average Bonchev–Trinajstić information content (AvgIpc) is 2.54. The van der Waals surface area contributed by atoms with Crippen molar-refractivity contribution in [3.05, 3.63) is 0 Å². The van der Waals surface area contributed by atoms with Crippen LogP contribution in [0.2, 0.25) is 0 Å². The zero-order valence-electron chi connectivity index (χ0n) is 11.9. The quantitative estimate of drug-likeness (QED) is 0.707. The van der Waals surface area contributed by atoms with Gasteiger partial charge >= 0.3 is 0 Å². The van der Waals surface area contributed by atoms with E-state index in [0.29, 0.717) is 12.2 Å². The van der Waals surface area contributed by atoms with Gasteiger partial charge in [0.2, 0.25) is 0 Å². The largest absolute Gasteiger partial charge is 0.303 e. The molecule has 1 unspecified atom stereocenters. The van der Waals surface area contributed by atoms with Gasteiger partial charge in [-0.05, 0) is 57.2 Å². The molecule has 0 aromatic carbocycles. The molecule has 0 N–H and O–H groups in total. The maximum absolute atomic E-state index is 11.2. The van der Waals surface area contributed by atoms with Gasteiger partial charge in [0.15, 0.2) is 0 Å². The Kier molecular flexibility index (Phi) is 6.79. The van der Waals surface area contributed by atoms with Crippen LogP contribution >= 0.6 is 0 Å². The van der Waals surface area contributed by atoms with Crippen LogP contribution in [0.5, 0.6) is 0 Å². The molecule has 1 rings (SSSR count). The maximum atomic E-state index is 11.2. The minimum atomic E-state index is 0.417. The van der Waals surface area contributed by atoms with E-state index in [1.54, 1.807) is 0 Å². The Balaban J connectivity index is 2.20. The highest BCUT2D eigenvalue weighted by molar-refractivity contribution is 5.77. The third-order valence-corrected chi connectivity index (χ3v) is 4.13. The van der Waals surface area contributed by atoms with E-state index in [0.717, 1.165) is 31.2 Å². The lowest BCUT2D eigenvalue weighted by atomic mass is 9.89. The van der Waals surface area contributed by atoms with E-state index in [2.05, 4.69) is 18.7 Å². The van der Waals surface area contributed by atoms with Gasteiger partial charge in [0.25, 0.3) is 0 Å². The van der Waals surface area contributed by atoms with Crippen molar-refractivity contribution in [2.45, 2.75) is 59.3 Å². The number of hydrogen-bond donors (Lipinski definition) is 0. The highest BCUT2D eigenvalue weighted by Crippen LogP contribution is 2.24. The van der Waals surface area contributed by atoms with Crippen molar-refractivity contribution in [3.63, 3.8) is 0 Å². The van der Waals surface area contributed by atoms with E-state index in [4.69, 9.17) is 0 Å². The van der Waals surface area contributed by atoms with E-state index >= 15 is 0 Å². The predicted molar refractivity (Wildman–Crippen MR) is 73.2 cm³/mol. The summed E-state index contributed by atoms with van der Waals surface area (Å²) >= 11 is 0. The third-order valence-electron chi connectivity index (χ3n) is 4.13. The fourth-order valence-corrected chi connectivity index (χ4v) is 2.75. The minimum Gasteiger partial charge on any atom is -0.303 e. The van der Waals surface area contributed by atoms with Crippen LogP contribution in [0.25, 0.3) is 0 Å². The molecular weight excluding hydrogens is 210 g/mol. The molecule has 17 heavy (non-hydrogen) atoms. The van der Waals surface area contributed by atoms with Crippen LogP contribution < -0.4 is 0 Å². The van der Waals surface area contributed by atoms with Crippen molar-refractivity contribution in [2.24, 2.45) is 11.8 Å². The fourth-order valence-electron chi connectivity index (χ4n) is 2.75. The van der Waals surface area contributed by atoms with Crippen molar-refractivity contribution in [1.29, 1.82) is 0 Å². The predicted octanol–water partition coefficient (Wildman–Crippen LogP) is 3.50. The summed E-state index contributed by atoms with van der Waals surface area (Å²) in [5.74, 6) is 2.16. The van der Waals surface area contributed by atoms with Gasteiger partial charge in [0, 0.05) is 12.8 Å². The lowest BCUT2D eigenvalue weighted by Gasteiger charge is -2.21. The molecule has 0 radical (unpaired) electrons. The van der Waals surface area contributed by atoms with Crippen LogP contribution in [0.3, 0.4) is 0 Å². The first-order valence-electron chi connectivity index (χ1n) is 7.37. The van der Waals surface area contributed by atoms with Gasteiger partial charge in [-0.1, -0.05) is 20.8 Å². The molecule has 1 aliphatic heterocycles. The highest BCUT2D eigenvalue weighted by Gasteiger charge is 2.19. The Morgan fingerprint density at radius 2 is 2.06 bits per heavy atom. The molecule has 2 nitrogen and oxygen atoms in total. The molecule has 0 bridgehead atoms. The van der Waals surface area contributed by atoms with Gasteiger partial charge < -0.3 is 4.90 Å². The number of ketones is 1. The SMILES string of the molecule is CCC(=O)CCCN1CCCC(C(C)C)CC1. The van der Waals surface area contributed by atoms with Crippen molar-refractivity contribution in [1.82, 2.24) is 4.90 Å². The molecule has 0 aromatic heterocycles.